The Bertz CT molecular complexity index is 553. The van der Waals surface area contributed by atoms with Gasteiger partial charge in [-0.1, -0.05) is 23.7 Å². The highest BCUT2D eigenvalue weighted by Gasteiger charge is 2.06. The lowest BCUT2D eigenvalue weighted by Gasteiger charge is -2.04. The molecule has 0 spiro atoms. The van der Waals surface area contributed by atoms with Crippen molar-refractivity contribution >= 4 is 34.6 Å². The van der Waals surface area contributed by atoms with Gasteiger partial charge in [0.05, 0.1) is 10.8 Å². The Labute approximate surface area is 114 Å². The maximum atomic E-state index is 11.6. The predicted octanol–water partition coefficient (Wildman–Crippen LogP) is 3.27. The summed E-state index contributed by atoms with van der Waals surface area (Å²) < 4.78 is 5.85. The van der Waals surface area contributed by atoms with E-state index in [1.54, 1.807) is 18.2 Å². The number of halogens is 1. The molecule has 0 aliphatic rings. The van der Waals surface area contributed by atoms with E-state index >= 15 is 0 Å². The molecule has 3 nitrogen and oxygen atoms in total. The van der Waals surface area contributed by atoms with Crippen LogP contribution >= 0.6 is 22.9 Å². The monoisotopic (exact) mass is 281 g/mol. The van der Waals surface area contributed by atoms with Crippen LogP contribution in [0.25, 0.3) is 0 Å². The first-order valence-corrected chi connectivity index (χ1v) is 6.57. The summed E-state index contributed by atoms with van der Waals surface area (Å²) in [7, 11) is 0. The third kappa shape index (κ3) is 3.75. The molecule has 2 N–H and O–H groups in total. The summed E-state index contributed by atoms with van der Waals surface area (Å²) in [6, 6.07) is 10.8. The van der Waals surface area contributed by atoms with E-state index in [1.807, 2.05) is 18.2 Å². The van der Waals surface area contributed by atoms with Crippen molar-refractivity contribution in [3.8, 4) is 0 Å². The van der Waals surface area contributed by atoms with Crippen LogP contribution in [0, 0.1) is 0 Å². The van der Waals surface area contributed by atoms with Crippen LogP contribution in [0.4, 0.5) is 5.69 Å². The smallest absolute Gasteiger partial charge is 0.310 e. The Kier molecular flexibility index (Phi) is 4.23. The number of carbonyl (C=O) groups is 1. The van der Waals surface area contributed by atoms with Gasteiger partial charge in [-0.3, -0.25) is 4.79 Å². The number of hydrogen-bond acceptors (Lipinski definition) is 4. The Balaban J connectivity index is 1.85. The van der Waals surface area contributed by atoms with Gasteiger partial charge in [0.1, 0.15) is 6.61 Å². The van der Waals surface area contributed by atoms with E-state index < -0.39 is 0 Å². The third-order valence-corrected chi connectivity index (χ3v) is 3.51. The van der Waals surface area contributed by atoms with Crippen molar-refractivity contribution in [1.82, 2.24) is 0 Å². The van der Waals surface area contributed by atoms with E-state index in [0.29, 0.717) is 10.0 Å². The second kappa shape index (κ2) is 5.89. The van der Waals surface area contributed by atoms with Crippen molar-refractivity contribution in [3.63, 3.8) is 0 Å². The molecule has 0 saturated carbocycles. The van der Waals surface area contributed by atoms with Crippen LogP contribution in [0.2, 0.25) is 4.34 Å². The summed E-state index contributed by atoms with van der Waals surface area (Å²) in [5.41, 5.74) is 7.13. The van der Waals surface area contributed by atoms with Crippen molar-refractivity contribution in [2.75, 3.05) is 5.73 Å². The molecular weight excluding hydrogens is 270 g/mol. The molecule has 0 atom stereocenters. The van der Waals surface area contributed by atoms with Crippen LogP contribution in [-0.2, 0) is 22.6 Å². The van der Waals surface area contributed by atoms with E-state index in [4.69, 9.17) is 22.1 Å². The number of esters is 1. The fraction of sp³-hybridized carbons (Fsp3) is 0.154. The van der Waals surface area contributed by atoms with Crippen LogP contribution in [0.5, 0.6) is 0 Å². The highest BCUT2D eigenvalue weighted by Crippen LogP contribution is 2.22. The molecule has 2 aromatic rings. The van der Waals surface area contributed by atoms with Gasteiger partial charge in [0.15, 0.2) is 0 Å². The Hall–Kier alpha value is -1.52. The fourth-order valence-corrected chi connectivity index (χ4v) is 2.50. The number of hydrogen-bond donors (Lipinski definition) is 1. The first-order valence-electron chi connectivity index (χ1n) is 5.38. The van der Waals surface area contributed by atoms with E-state index in [1.165, 1.54) is 11.3 Å². The number of nitrogens with two attached hydrogens (primary N) is 1. The largest absolute Gasteiger partial charge is 0.460 e. The van der Waals surface area contributed by atoms with Crippen molar-refractivity contribution < 1.29 is 9.53 Å². The number of ether oxygens (including phenoxy) is 1. The van der Waals surface area contributed by atoms with Gasteiger partial charge >= 0.3 is 5.97 Å². The summed E-state index contributed by atoms with van der Waals surface area (Å²) >= 11 is 7.19. The minimum atomic E-state index is -0.273. The molecule has 0 amide bonds. The number of anilines is 1. The molecule has 0 bridgehead atoms. The predicted molar refractivity (Wildman–Crippen MR) is 73.7 cm³/mol. The highest BCUT2D eigenvalue weighted by molar-refractivity contribution is 7.16. The molecule has 1 aromatic heterocycles. The second-order valence-electron chi connectivity index (χ2n) is 3.79. The SMILES string of the molecule is Nc1cccc(CC(=O)OCc2ccc(Cl)s2)c1. The number of carbonyl (C=O) groups excluding carboxylic acids is 1. The van der Waals surface area contributed by atoms with Crippen molar-refractivity contribution in [1.29, 1.82) is 0 Å². The lowest BCUT2D eigenvalue weighted by atomic mass is 10.1. The first kappa shape index (κ1) is 12.9. The van der Waals surface area contributed by atoms with Gasteiger partial charge in [0.25, 0.3) is 0 Å². The van der Waals surface area contributed by atoms with Crippen LogP contribution in [0.15, 0.2) is 36.4 Å². The normalized spacial score (nSPS) is 10.3. The van der Waals surface area contributed by atoms with Gasteiger partial charge in [-0.05, 0) is 29.8 Å². The topological polar surface area (TPSA) is 52.3 Å². The Morgan fingerprint density at radius 3 is 2.83 bits per heavy atom. The molecule has 18 heavy (non-hydrogen) atoms. The van der Waals surface area contributed by atoms with E-state index in [0.717, 1.165) is 10.4 Å². The minimum absolute atomic E-state index is 0.226. The lowest BCUT2D eigenvalue weighted by Crippen LogP contribution is -2.07. The second-order valence-corrected chi connectivity index (χ2v) is 5.59. The maximum Gasteiger partial charge on any atom is 0.310 e. The zero-order valence-electron chi connectivity index (χ0n) is 9.56. The highest BCUT2D eigenvalue weighted by atomic mass is 35.5. The van der Waals surface area contributed by atoms with E-state index in [9.17, 15) is 4.79 Å². The summed E-state index contributed by atoms with van der Waals surface area (Å²) in [6.45, 7) is 0.262. The van der Waals surface area contributed by atoms with Crippen LogP contribution in [-0.4, -0.2) is 5.97 Å². The first-order chi connectivity index (χ1) is 8.63. The molecule has 1 aromatic carbocycles. The van der Waals surface area contributed by atoms with Crippen molar-refractivity contribution in [2.45, 2.75) is 13.0 Å². The summed E-state index contributed by atoms with van der Waals surface area (Å²) in [6.07, 6.45) is 0.226. The Morgan fingerprint density at radius 2 is 2.17 bits per heavy atom. The van der Waals surface area contributed by atoms with Crippen molar-refractivity contribution in [2.24, 2.45) is 0 Å². The molecule has 0 aliphatic heterocycles. The Morgan fingerprint density at radius 1 is 1.33 bits per heavy atom. The lowest BCUT2D eigenvalue weighted by molar-refractivity contribution is -0.144. The number of thiophene rings is 1. The van der Waals surface area contributed by atoms with E-state index in [-0.39, 0.29) is 19.0 Å². The molecule has 94 valence electrons. The zero-order chi connectivity index (χ0) is 13.0. The molecule has 0 radical (unpaired) electrons. The van der Waals surface area contributed by atoms with Crippen LogP contribution in [0.3, 0.4) is 0 Å². The maximum absolute atomic E-state index is 11.6. The summed E-state index contributed by atoms with van der Waals surface area (Å²) in [5, 5.41) is 0. The molecule has 0 fully saturated rings. The van der Waals surface area contributed by atoms with Gasteiger partial charge in [0.2, 0.25) is 0 Å². The van der Waals surface area contributed by atoms with Gasteiger partial charge in [-0.15, -0.1) is 11.3 Å². The van der Waals surface area contributed by atoms with Gasteiger partial charge < -0.3 is 10.5 Å². The molecule has 2 rings (SSSR count). The summed E-state index contributed by atoms with van der Waals surface area (Å²) in [5.74, 6) is -0.273. The molecule has 0 unspecified atom stereocenters. The average Bonchev–Trinajstić information content (AvgIpc) is 2.73. The molecule has 5 heteroatoms. The number of rotatable bonds is 4. The van der Waals surface area contributed by atoms with Crippen molar-refractivity contribution in [3.05, 3.63) is 51.2 Å². The zero-order valence-corrected chi connectivity index (χ0v) is 11.1. The average molecular weight is 282 g/mol. The van der Waals surface area contributed by atoms with Crippen LogP contribution < -0.4 is 5.73 Å². The van der Waals surface area contributed by atoms with E-state index in [2.05, 4.69) is 0 Å². The quantitative estimate of drug-likeness (QED) is 0.691. The standard InChI is InChI=1S/C13H12ClNO2S/c14-12-5-4-11(18-12)8-17-13(16)7-9-2-1-3-10(15)6-9/h1-6H,7-8,15H2. The fourth-order valence-electron chi connectivity index (χ4n) is 1.50. The van der Waals surface area contributed by atoms with Crippen LogP contribution in [0.1, 0.15) is 10.4 Å². The van der Waals surface area contributed by atoms with Gasteiger partial charge in [0, 0.05) is 10.6 Å². The number of benzene rings is 1. The third-order valence-electron chi connectivity index (χ3n) is 2.30. The number of nitrogen functional groups attached to an aromatic ring is 1. The molecule has 0 aliphatic carbocycles. The summed E-state index contributed by atoms with van der Waals surface area (Å²) in [4.78, 5) is 12.5. The molecule has 1 heterocycles. The van der Waals surface area contributed by atoms with Gasteiger partial charge in [-0.25, -0.2) is 0 Å². The molecule has 0 saturated heterocycles. The van der Waals surface area contributed by atoms with Gasteiger partial charge in [-0.2, -0.15) is 0 Å². The molecular formula is C13H12ClNO2S. The minimum Gasteiger partial charge on any atom is -0.460 e.